The van der Waals surface area contributed by atoms with Crippen LogP contribution in [0.1, 0.15) is 50.7 Å². The Labute approximate surface area is 253 Å². The van der Waals surface area contributed by atoms with E-state index < -0.39 is 46.2 Å². The Morgan fingerprint density at radius 1 is 1.05 bits per heavy atom. The molecule has 11 nitrogen and oxygen atoms in total. The highest BCUT2D eigenvalue weighted by Crippen LogP contribution is 2.26. The number of aryl methyl sites for hydroxylation is 1. The topological polar surface area (TPSA) is 143 Å². The van der Waals surface area contributed by atoms with E-state index in [9.17, 15) is 27.9 Å². The molecule has 1 unspecified atom stereocenters. The van der Waals surface area contributed by atoms with Crippen molar-refractivity contribution in [3.8, 4) is 5.75 Å². The first-order chi connectivity index (χ1) is 20.5. The molecule has 0 saturated carbocycles. The molecule has 4 rings (SSSR count). The van der Waals surface area contributed by atoms with E-state index in [0.717, 1.165) is 18.4 Å². The monoisotopic (exact) mass is 615 g/mol. The van der Waals surface area contributed by atoms with Crippen molar-refractivity contribution in [3.63, 3.8) is 0 Å². The highest BCUT2D eigenvalue weighted by atomic mass is 32.2. The van der Waals surface area contributed by atoms with Crippen molar-refractivity contribution in [2.75, 3.05) is 26.2 Å². The molecule has 0 aliphatic carbocycles. The number of rotatable bonds is 10. The lowest BCUT2D eigenvalue weighted by atomic mass is 10.00. The van der Waals surface area contributed by atoms with Crippen molar-refractivity contribution in [1.29, 1.82) is 0 Å². The Balaban J connectivity index is 1.62. The van der Waals surface area contributed by atoms with Gasteiger partial charge in [-0.3, -0.25) is 4.79 Å². The van der Waals surface area contributed by atoms with Gasteiger partial charge in [0.25, 0.3) is 15.9 Å². The molecular weight excluding hydrogens is 574 g/mol. The van der Waals surface area contributed by atoms with Gasteiger partial charge in [0.05, 0.1) is 17.0 Å². The molecule has 2 saturated heterocycles. The van der Waals surface area contributed by atoms with Gasteiger partial charge in [0.2, 0.25) is 0 Å². The fourth-order valence-electron chi connectivity index (χ4n) is 5.35. The van der Waals surface area contributed by atoms with Crippen molar-refractivity contribution < 1.29 is 37.4 Å². The summed E-state index contributed by atoms with van der Waals surface area (Å²) in [6, 6.07) is 10.3. The Hall–Kier alpha value is -3.48. The molecule has 2 aliphatic heterocycles. The van der Waals surface area contributed by atoms with Gasteiger partial charge in [-0.2, -0.15) is 0 Å². The summed E-state index contributed by atoms with van der Waals surface area (Å²) in [4.78, 5) is 41.5. The molecule has 0 spiro atoms. The Bertz CT molecular complexity index is 1370. The fraction of sp³-hybridized carbons (Fsp3) is 0.516. The Kier molecular flexibility index (Phi) is 10.8. The number of esters is 1. The highest BCUT2D eigenvalue weighted by molar-refractivity contribution is 7.89. The van der Waals surface area contributed by atoms with E-state index >= 15 is 0 Å². The lowest BCUT2D eigenvalue weighted by Gasteiger charge is -2.32. The second-order valence-electron chi connectivity index (χ2n) is 11.5. The van der Waals surface area contributed by atoms with Crippen molar-refractivity contribution in [1.82, 2.24) is 14.5 Å². The van der Waals surface area contributed by atoms with Crippen molar-refractivity contribution in [3.05, 3.63) is 59.7 Å². The van der Waals surface area contributed by atoms with Gasteiger partial charge in [-0.15, -0.1) is 0 Å². The van der Waals surface area contributed by atoms with Crippen LogP contribution in [0.15, 0.2) is 53.4 Å². The average molecular weight is 616 g/mol. The first kappa shape index (κ1) is 32.4. The number of nitrogens with zero attached hydrogens (tertiary/aromatic N) is 2. The van der Waals surface area contributed by atoms with Gasteiger partial charge in [-0.05, 0) is 88.7 Å². The van der Waals surface area contributed by atoms with Crippen LogP contribution in [0.4, 0.5) is 4.79 Å². The second-order valence-corrected chi connectivity index (χ2v) is 13.3. The lowest BCUT2D eigenvalue weighted by molar-refractivity contribution is -0.155. The molecule has 3 atom stereocenters. The molecule has 0 aromatic heterocycles. The van der Waals surface area contributed by atoms with E-state index in [-0.39, 0.29) is 29.6 Å². The summed E-state index contributed by atoms with van der Waals surface area (Å²) in [5.74, 6) is -1.25. The van der Waals surface area contributed by atoms with Crippen LogP contribution in [0.5, 0.6) is 5.75 Å². The van der Waals surface area contributed by atoms with Gasteiger partial charge < -0.3 is 24.8 Å². The summed E-state index contributed by atoms with van der Waals surface area (Å²) in [5.41, 5.74) is 1.39. The maximum atomic E-state index is 14.0. The fourth-order valence-corrected chi connectivity index (χ4v) is 6.91. The summed E-state index contributed by atoms with van der Waals surface area (Å²) in [5, 5.41) is 12.5. The maximum absolute atomic E-state index is 14.0. The molecule has 0 bridgehead atoms. The quantitative estimate of drug-likeness (QED) is 0.386. The molecule has 0 radical (unpaired) electrons. The van der Waals surface area contributed by atoms with Crippen LogP contribution in [0.2, 0.25) is 0 Å². The van der Waals surface area contributed by atoms with Crippen LogP contribution >= 0.6 is 0 Å². The smallest absolute Gasteiger partial charge is 0.415 e. The molecule has 2 amide bonds. The predicted octanol–water partition coefficient (Wildman–Crippen LogP) is 3.03. The normalized spacial score (nSPS) is 19.6. The molecule has 2 fully saturated rings. The minimum Gasteiger partial charge on any atom is -0.461 e. The van der Waals surface area contributed by atoms with Gasteiger partial charge in [-0.1, -0.05) is 29.8 Å². The summed E-state index contributed by atoms with van der Waals surface area (Å²) in [6.07, 6.45) is 1.58. The number of piperidine rings is 1. The van der Waals surface area contributed by atoms with Gasteiger partial charge in [0.15, 0.2) is 0 Å². The Morgan fingerprint density at radius 3 is 2.35 bits per heavy atom. The Morgan fingerprint density at radius 2 is 1.74 bits per heavy atom. The van der Waals surface area contributed by atoms with E-state index in [1.807, 2.05) is 6.92 Å². The number of hydrogen-bond acceptors (Lipinski definition) is 9. The molecule has 43 heavy (non-hydrogen) atoms. The minimum atomic E-state index is -4.45. The van der Waals surface area contributed by atoms with Crippen LogP contribution in [-0.2, 0) is 30.8 Å². The van der Waals surface area contributed by atoms with Crippen LogP contribution in [-0.4, -0.2) is 85.1 Å². The number of nitrogens with one attached hydrogen (secondary N) is 1. The average Bonchev–Trinajstić information content (AvgIpc) is 3.53. The summed E-state index contributed by atoms with van der Waals surface area (Å²) >= 11 is 0. The van der Waals surface area contributed by atoms with Crippen LogP contribution in [0, 0.1) is 12.8 Å². The largest absolute Gasteiger partial charge is 0.461 e. The number of aliphatic hydroxyl groups is 1. The number of amides is 2. The number of aliphatic hydroxyl groups excluding tert-OH is 1. The minimum absolute atomic E-state index is 0.00878. The molecule has 2 aliphatic rings. The van der Waals surface area contributed by atoms with Crippen molar-refractivity contribution in [2.24, 2.45) is 5.92 Å². The third-order valence-electron chi connectivity index (χ3n) is 7.65. The van der Waals surface area contributed by atoms with Crippen molar-refractivity contribution >= 4 is 28.0 Å². The maximum Gasteiger partial charge on any atom is 0.415 e. The third-order valence-corrected chi connectivity index (χ3v) is 9.47. The number of sulfonamides is 1. The number of hydrogen-bond donors (Lipinski definition) is 2. The standard InChI is InChI=1S/C31H41N3O8S/c1-21(2)41-30(37)28(18-23-10-12-25(13-11-23)42-31(38)33-17-5-6-24(19-33)20-35)34(29(36)27-7-4-16-32-27)43(39,40)26-14-8-22(3)9-15-26/h8-15,21,24,27-28,32,35H,4-7,16-20H2,1-3H3/t24?,27-,28-/m0/s1. The van der Waals surface area contributed by atoms with E-state index in [0.29, 0.717) is 42.3 Å². The number of carbonyl (C=O) groups is 3. The molecule has 2 aromatic rings. The van der Waals surface area contributed by atoms with E-state index in [1.54, 1.807) is 55.1 Å². The summed E-state index contributed by atoms with van der Waals surface area (Å²) in [7, 11) is -4.45. The van der Waals surface area contributed by atoms with Crippen LogP contribution in [0.3, 0.4) is 0 Å². The highest BCUT2D eigenvalue weighted by Gasteiger charge is 2.44. The van der Waals surface area contributed by atoms with E-state index in [1.165, 1.54) is 12.1 Å². The number of carbonyl (C=O) groups excluding carboxylic acids is 3. The molecule has 12 heteroatoms. The predicted molar refractivity (Wildman–Crippen MR) is 159 cm³/mol. The zero-order valence-corrected chi connectivity index (χ0v) is 25.7. The summed E-state index contributed by atoms with van der Waals surface area (Å²) < 4.78 is 39.7. The van der Waals surface area contributed by atoms with Crippen molar-refractivity contribution in [2.45, 2.75) is 76.0 Å². The molecule has 2 N–H and O–H groups in total. The first-order valence-corrected chi connectivity index (χ1v) is 16.2. The second kappa shape index (κ2) is 14.3. The van der Waals surface area contributed by atoms with Gasteiger partial charge >= 0.3 is 12.1 Å². The third kappa shape index (κ3) is 8.12. The zero-order chi connectivity index (χ0) is 31.1. The van der Waals surface area contributed by atoms with Gasteiger partial charge in [0.1, 0.15) is 11.8 Å². The van der Waals surface area contributed by atoms with Crippen LogP contribution < -0.4 is 10.1 Å². The van der Waals surface area contributed by atoms with Gasteiger partial charge in [0, 0.05) is 26.1 Å². The van der Waals surface area contributed by atoms with Crippen LogP contribution in [0.25, 0.3) is 0 Å². The number of likely N-dealkylation sites (tertiary alicyclic amines) is 1. The lowest BCUT2D eigenvalue weighted by Crippen LogP contribution is -2.55. The molecular formula is C31H41N3O8S. The number of ether oxygens (including phenoxy) is 2. The first-order valence-electron chi connectivity index (χ1n) is 14.7. The van der Waals surface area contributed by atoms with E-state index in [4.69, 9.17) is 9.47 Å². The molecule has 234 valence electrons. The molecule has 2 aromatic carbocycles. The molecule has 2 heterocycles. The van der Waals surface area contributed by atoms with Gasteiger partial charge in [-0.25, -0.2) is 22.3 Å². The summed E-state index contributed by atoms with van der Waals surface area (Å²) in [6.45, 7) is 6.67. The zero-order valence-electron chi connectivity index (χ0n) is 24.9. The van der Waals surface area contributed by atoms with E-state index in [2.05, 4.69) is 5.32 Å². The SMILES string of the molecule is Cc1ccc(S(=O)(=O)N(C(=O)[C@@H]2CCCN2)[C@@H](Cc2ccc(OC(=O)N3CCCC(CO)C3)cc2)C(=O)OC(C)C)cc1. The number of benzene rings is 2.